The van der Waals surface area contributed by atoms with Crippen LogP contribution in [0.5, 0.6) is 11.8 Å². The summed E-state index contributed by atoms with van der Waals surface area (Å²) in [6.07, 6.45) is 7.23. The maximum absolute atomic E-state index is 11.7. The molecule has 3 fully saturated rings. The Kier molecular flexibility index (Phi) is 10.5. The molecule has 0 unspecified atom stereocenters. The third-order valence-corrected chi connectivity index (χ3v) is 10.2. The monoisotopic (exact) mass is 706 g/mol. The van der Waals surface area contributed by atoms with Gasteiger partial charge in [0, 0.05) is 74.7 Å². The maximum atomic E-state index is 11.7. The zero-order valence-corrected chi connectivity index (χ0v) is 29.5. The second kappa shape index (κ2) is 14.8. The lowest BCUT2D eigenvalue weighted by Crippen LogP contribution is -2.56. The van der Waals surface area contributed by atoms with E-state index in [0.29, 0.717) is 82.5 Å². The molecule has 5 heterocycles. The molecule has 0 radical (unpaired) electrons. The average molecular weight is 708 g/mol. The molecule has 3 aromatic rings. The Morgan fingerprint density at radius 3 is 2.53 bits per heavy atom. The van der Waals surface area contributed by atoms with E-state index in [1.807, 2.05) is 38.1 Å². The van der Waals surface area contributed by atoms with Crippen molar-refractivity contribution in [3.63, 3.8) is 0 Å². The van der Waals surface area contributed by atoms with Crippen molar-refractivity contribution in [3.05, 3.63) is 69.4 Å². The highest BCUT2D eigenvalue weighted by molar-refractivity contribution is 6.42. The molecule has 2 amide bonds. The summed E-state index contributed by atoms with van der Waals surface area (Å²) in [5, 5.41) is 10.2. The zero-order valence-electron chi connectivity index (χ0n) is 28.0. The van der Waals surface area contributed by atoms with E-state index in [-0.39, 0.29) is 23.3 Å². The number of amides is 2. The van der Waals surface area contributed by atoms with Gasteiger partial charge in [-0.15, -0.1) is 0 Å². The number of rotatable bonds is 12. The van der Waals surface area contributed by atoms with Crippen LogP contribution < -0.4 is 25.4 Å². The van der Waals surface area contributed by atoms with Gasteiger partial charge in [0.1, 0.15) is 11.4 Å². The number of likely N-dealkylation sites (tertiary alicyclic amines) is 1. The van der Waals surface area contributed by atoms with Crippen molar-refractivity contribution in [3.8, 4) is 23.0 Å². The molecule has 3 aliphatic heterocycles. The average Bonchev–Trinajstić information content (AvgIpc) is 3.70. The van der Waals surface area contributed by atoms with Gasteiger partial charge in [-0.3, -0.25) is 24.5 Å². The Labute approximate surface area is 295 Å². The van der Waals surface area contributed by atoms with Gasteiger partial charge >= 0.3 is 0 Å². The number of halogens is 2. The second-order valence-corrected chi connectivity index (χ2v) is 13.5. The fourth-order valence-electron chi connectivity index (χ4n) is 6.71. The molecule has 0 saturated carbocycles. The standard InChI is InChI=1S/C35H40Cl2N8O4/c1-5-22(31(36)20(2)25-14-40-28(34(43-25)49-4)16-45-18-35(19-45)11-30(47)41-17-35)23-7-6-8-24(32(23)37)26-15-39-27(33(44-26)48-3)13-38-12-21-9-10-29(46)42-21/h5-8,14-15,21,38H,9-13,16-19H2,1-4H3,(H,41,47)(H,42,46)/b22-5-,31-20-/t21-/m0/s1. The van der Waals surface area contributed by atoms with Crippen LogP contribution in [0.4, 0.5) is 0 Å². The van der Waals surface area contributed by atoms with Gasteiger partial charge in [-0.2, -0.15) is 0 Å². The Balaban J connectivity index is 1.18. The molecule has 3 N–H and O–H groups in total. The predicted molar refractivity (Wildman–Crippen MR) is 188 cm³/mol. The van der Waals surface area contributed by atoms with Crippen LogP contribution in [-0.2, 0) is 22.7 Å². The molecule has 2 aromatic heterocycles. The van der Waals surface area contributed by atoms with E-state index in [4.69, 9.17) is 47.6 Å². The molecule has 3 aliphatic rings. The highest BCUT2D eigenvalue weighted by atomic mass is 35.5. The minimum absolute atomic E-state index is 0.0301. The van der Waals surface area contributed by atoms with Crippen LogP contribution in [0.25, 0.3) is 22.4 Å². The van der Waals surface area contributed by atoms with Crippen LogP contribution in [0.2, 0.25) is 5.02 Å². The van der Waals surface area contributed by atoms with E-state index >= 15 is 0 Å². The molecule has 6 rings (SSSR count). The maximum Gasteiger partial charge on any atom is 0.237 e. The van der Waals surface area contributed by atoms with Gasteiger partial charge in [-0.1, -0.05) is 47.5 Å². The molecule has 1 atom stereocenters. The first-order valence-corrected chi connectivity index (χ1v) is 17.0. The van der Waals surface area contributed by atoms with Gasteiger partial charge in [0.25, 0.3) is 0 Å². The van der Waals surface area contributed by atoms with E-state index in [9.17, 15) is 9.59 Å². The summed E-state index contributed by atoms with van der Waals surface area (Å²) in [6.45, 7) is 7.82. The number of hydrogen-bond acceptors (Lipinski definition) is 10. The van der Waals surface area contributed by atoms with Crippen LogP contribution >= 0.6 is 23.2 Å². The number of methoxy groups -OCH3 is 2. The predicted octanol–water partition coefficient (Wildman–Crippen LogP) is 4.37. The van der Waals surface area contributed by atoms with Gasteiger partial charge in [-0.25, -0.2) is 9.97 Å². The molecule has 12 nitrogen and oxygen atoms in total. The van der Waals surface area contributed by atoms with Crippen molar-refractivity contribution in [2.24, 2.45) is 5.41 Å². The van der Waals surface area contributed by atoms with Crippen molar-refractivity contribution >= 4 is 46.2 Å². The molecule has 0 bridgehead atoms. The van der Waals surface area contributed by atoms with Gasteiger partial charge in [-0.05, 0) is 31.4 Å². The first-order valence-electron chi connectivity index (χ1n) is 16.2. The number of nitrogens with zero attached hydrogens (tertiary/aromatic N) is 5. The van der Waals surface area contributed by atoms with Crippen LogP contribution in [-0.4, -0.2) is 83.1 Å². The summed E-state index contributed by atoms with van der Waals surface area (Å²) in [4.78, 5) is 44.3. The number of allylic oxidation sites excluding steroid dienone is 4. The van der Waals surface area contributed by atoms with Crippen molar-refractivity contribution in [2.45, 2.75) is 52.2 Å². The van der Waals surface area contributed by atoms with Crippen LogP contribution in [0, 0.1) is 5.41 Å². The topological polar surface area (TPSA) is 143 Å². The highest BCUT2D eigenvalue weighted by Crippen LogP contribution is 2.41. The van der Waals surface area contributed by atoms with Crippen LogP contribution in [0.3, 0.4) is 0 Å². The Morgan fingerprint density at radius 2 is 1.86 bits per heavy atom. The van der Waals surface area contributed by atoms with E-state index in [2.05, 4.69) is 25.8 Å². The number of carbonyl (C=O) groups is 2. The fourth-order valence-corrected chi connectivity index (χ4v) is 7.34. The van der Waals surface area contributed by atoms with Crippen molar-refractivity contribution in [1.29, 1.82) is 0 Å². The summed E-state index contributed by atoms with van der Waals surface area (Å²) in [5.74, 6) is 1.02. The van der Waals surface area contributed by atoms with Gasteiger partial charge in [0.15, 0.2) is 0 Å². The summed E-state index contributed by atoms with van der Waals surface area (Å²) in [5.41, 5.74) is 5.37. The van der Waals surface area contributed by atoms with Gasteiger partial charge in [0.2, 0.25) is 23.6 Å². The Morgan fingerprint density at radius 1 is 1.10 bits per heavy atom. The quantitative estimate of drug-likeness (QED) is 0.232. The van der Waals surface area contributed by atoms with E-state index in [1.165, 1.54) is 0 Å². The first kappa shape index (κ1) is 34.8. The molecule has 258 valence electrons. The third-order valence-electron chi connectivity index (χ3n) is 9.27. The Bertz CT molecular complexity index is 1820. The lowest BCUT2D eigenvalue weighted by molar-refractivity contribution is -0.121. The minimum Gasteiger partial charge on any atom is -0.480 e. The van der Waals surface area contributed by atoms with E-state index in [1.54, 1.807) is 26.6 Å². The van der Waals surface area contributed by atoms with E-state index < -0.39 is 0 Å². The van der Waals surface area contributed by atoms with Gasteiger partial charge in [0.05, 0.1) is 48.1 Å². The lowest BCUT2D eigenvalue weighted by Gasteiger charge is -2.46. The van der Waals surface area contributed by atoms with Gasteiger partial charge < -0.3 is 25.4 Å². The van der Waals surface area contributed by atoms with Crippen molar-refractivity contribution in [2.75, 3.05) is 40.4 Å². The minimum atomic E-state index is 0.0301. The molecular formula is C35H40Cl2N8O4. The van der Waals surface area contributed by atoms with Crippen LogP contribution in [0.1, 0.15) is 55.8 Å². The number of hydrogen-bond donors (Lipinski definition) is 3. The molecule has 49 heavy (non-hydrogen) atoms. The molecule has 14 heteroatoms. The van der Waals surface area contributed by atoms with Crippen LogP contribution in [0.15, 0.2) is 41.7 Å². The molecule has 1 aromatic carbocycles. The molecule has 1 spiro atoms. The number of nitrogens with one attached hydrogen (secondary N) is 3. The SMILES string of the molecule is C/C=C(\C(Cl)=C(/C)c1cnc(CN2CC3(CNC(=O)C3)C2)c(OC)n1)c1cccc(-c2cnc(CNC[C@@H]3CCC(=O)N3)c(OC)n2)c1Cl. The molecule has 3 saturated heterocycles. The third kappa shape index (κ3) is 7.42. The second-order valence-electron chi connectivity index (χ2n) is 12.8. The number of benzene rings is 1. The van der Waals surface area contributed by atoms with Crippen molar-refractivity contribution < 1.29 is 19.1 Å². The number of carbonyl (C=O) groups excluding carboxylic acids is 2. The smallest absolute Gasteiger partial charge is 0.237 e. The normalized spacial score (nSPS) is 19.4. The number of ether oxygens (including phenoxy) is 2. The first-order chi connectivity index (χ1) is 23.6. The number of aromatic nitrogens is 4. The Hall–Kier alpha value is -4.10. The fraction of sp³-hybridized carbons (Fsp3) is 0.429. The van der Waals surface area contributed by atoms with Crippen molar-refractivity contribution in [1.82, 2.24) is 40.8 Å². The summed E-state index contributed by atoms with van der Waals surface area (Å²) in [7, 11) is 3.13. The lowest BCUT2D eigenvalue weighted by atomic mass is 9.79. The largest absolute Gasteiger partial charge is 0.480 e. The molecule has 0 aliphatic carbocycles. The summed E-state index contributed by atoms with van der Waals surface area (Å²) >= 11 is 14.1. The zero-order chi connectivity index (χ0) is 34.7. The van der Waals surface area contributed by atoms with E-state index in [0.717, 1.165) is 42.9 Å². The molecular weight excluding hydrogens is 667 g/mol. The highest BCUT2D eigenvalue weighted by Gasteiger charge is 2.48. The summed E-state index contributed by atoms with van der Waals surface area (Å²) < 4.78 is 11.2. The summed E-state index contributed by atoms with van der Waals surface area (Å²) in [6, 6.07) is 5.79.